The molecule has 1 amide bonds. The van der Waals surface area contributed by atoms with Crippen LogP contribution in [0.15, 0.2) is 48.5 Å². The zero-order chi connectivity index (χ0) is 15.5. The van der Waals surface area contributed by atoms with Gasteiger partial charge in [0.15, 0.2) is 0 Å². The van der Waals surface area contributed by atoms with Crippen LogP contribution in [0.3, 0.4) is 0 Å². The van der Waals surface area contributed by atoms with E-state index in [9.17, 15) is 9.18 Å². The molecule has 0 aromatic heterocycles. The highest BCUT2D eigenvalue weighted by Gasteiger charge is 2.28. The number of amides is 1. The molecule has 0 aliphatic heterocycles. The van der Waals surface area contributed by atoms with E-state index in [2.05, 4.69) is 5.32 Å². The number of rotatable bonds is 4. The van der Waals surface area contributed by atoms with Crippen molar-refractivity contribution in [2.75, 3.05) is 5.88 Å². The van der Waals surface area contributed by atoms with Gasteiger partial charge < -0.3 is 5.32 Å². The summed E-state index contributed by atoms with van der Waals surface area (Å²) in [5.41, 5.74) is 0.000737. The highest BCUT2D eigenvalue weighted by Crippen LogP contribution is 2.23. The van der Waals surface area contributed by atoms with E-state index in [1.807, 2.05) is 30.3 Å². The summed E-state index contributed by atoms with van der Waals surface area (Å²) in [5, 5.41) is 3.02. The molecule has 0 aliphatic rings. The van der Waals surface area contributed by atoms with E-state index >= 15 is 0 Å². The number of halogens is 3. The van der Waals surface area contributed by atoms with E-state index in [1.165, 1.54) is 12.1 Å². The van der Waals surface area contributed by atoms with Crippen molar-refractivity contribution in [3.8, 4) is 0 Å². The van der Waals surface area contributed by atoms with Crippen molar-refractivity contribution < 1.29 is 9.18 Å². The number of carbonyl (C=O) groups is 1. The number of benzene rings is 2. The fourth-order valence-corrected chi connectivity index (χ4v) is 2.36. The van der Waals surface area contributed by atoms with Crippen LogP contribution in [0.4, 0.5) is 4.39 Å². The molecule has 110 valence electrons. The monoisotopic (exact) mass is 325 g/mol. The van der Waals surface area contributed by atoms with Crippen LogP contribution in [0, 0.1) is 5.82 Å². The Morgan fingerprint density at radius 3 is 2.48 bits per heavy atom. The summed E-state index contributed by atoms with van der Waals surface area (Å²) in [7, 11) is 0. The summed E-state index contributed by atoms with van der Waals surface area (Å²) in [5.74, 6) is -1.03. The molecule has 2 nitrogen and oxygen atoms in total. The molecule has 0 radical (unpaired) electrons. The topological polar surface area (TPSA) is 29.1 Å². The van der Waals surface area contributed by atoms with Crippen molar-refractivity contribution in [1.82, 2.24) is 5.32 Å². The average molecular weight is 326 g/mol. The van der Waals surface area contributed by atoms with Crippen molar-refractivity contribution in [3.63, 3.8) is 0 Å². The van der Waals surface area contributed by atoms with Gasteiger partial charge in [-0.3, -0.25) is 4.79 Å². The second kappa shape index (κ2) is 6.46. The summed E-state index contributed by atoms with van der Waals surface area (Å²) < 4.78 is 13.8. The first-order valence-electron chi connectivity index (χ1n) is 6.35. The SMILES string of the molecule is CC(CCl)(NC(=O)c1ccc(Cl)cc1F)c1ccccc1. The quantitative estimate of drug-likeness (QED) is 0.831. The van der Waals surface area contributed by atoms with Gasteiger partial charge in [0, 0.05) is 10.9 Å². The van der Waals surface area contributed by atoms with Crippen LogP contribution in [0.1, 0.15) is 22.8 Å². The van der Waals surface area contributed by atoms with Crippen LogP contribution in [-0.2, 0) is 5.54 Å². The smallest absolute Gasteiger partial charge is 0.254 e. The maximum absolute atomic E-state index is 13.8. The first-order valence-corrected chi connectivity index (χ1v) is 7.26. The number of hydrogen-bond donors (Lipinski definition) is 1. The van der Waals surface area contributed by atoms with Gasteiger partial charge in [-0.2, -0.15) is 0 Å². The average Bonchev–Trinajstić information content (AvgIpc) is 2.47. The van der Waals surface area contributed by atoms with Crippen LogP contribution in [0.2, 0.25) is 5.02 Å². The normalized spacial score (nSPS) is 13.5. The molecule has 0 saturated heterocycles. The van der Waals surface area contributed by atoms with Crippen molar-refractivity contribution in [1.29, 1.82) is 0 Å². The molecule has 5 heteroatoms. The molecular formula is C16H14Cl2FNO. The van der Waals surface area contributed by atoms with Gasteiger partial charge in [0.05, 0.1) is 11.1 Å². The Kier molecular flexibility index (Phi) is 4.86. The molecule has 0 heterocycles. The first-order chi connectivity index (χ1) is 9.96. The second-order valence-corrected chi connectivity index (χ2v) is 5.61. The van der Waals surface area contributed by atoms with Crippen molar-refractivity contribution >= 4 is 29.1 Å². The van der Waals surface area contributed by atoms with Crippen LogP contribution < -0.4 is 5.32 Å². The van der Waals surface area contributed by atoms with Crippen LogP contribution in [0.25, 0.3) is 0 Å². The molecule has 2 aromatic rings. The minimum Gasteiger partial charge on any atom is -0.341 e. The van der Waals surface area contributed by atoms with Crippen LogP contribution in [-0.4, -0.2) is 11.8 Å². The Morgan fingerprint density at radius 1 is 1.24 bits per heavy atom. The van der Waals surface area contributed by atoms with Crippen molar-refractivity contribution in [3.05, 3.63) is 70.5 Å². The van der Waals surface area contributed by atoms with E-state index in [0.29, 0.717) is 0 Å². The third-order valence-electron chi connectivity index (χ3n) is 3.24. The molecule has 21 heavy (non-hydrogen) atoms. The molecule has 2 rings (SSSR count). The van der Waals surface area contributed by atoms with Gasteiger partial charge in [-0.05, 0) is 30.7 Å². The molecule has 0 bridgehead atoms. The lowest BCUT2D eigenvalue weighted by atomic mass is 9.93. The predicted molar refractivity (Wildman–Crippen MR) is 83.4 cm³/mol. The fourth-order valence-electron chi connectivity index (χ4n) is 1.98. The molecule has 0 spiro atoms. The van der Waals surface area contributed by atoms with Gasteiger partial charge in [-0.25, -0.2) is 4.39 Å². The molecule has 1 atom stereocenters. The van der Waals surface area contributed by atoms with E-state index < -0.39 is 17.3 Å². The van der Waals surface area contributed by atoms with Crippen LogP contribution in [0.5, 0.6) is 0 Å². The summed E-state index contributed by atoms with van der Waals surface area (Å²) >= 11 is 11.7. The summed E-state index contributed by atoms with van der Waals surface area (Å²) in [6.45, 7) is 1.79. The zero-order valence-electron chi connectivity index (χ0n) is 11.4. The number of nitrogens with one attached hydrogen (secondary N) is 1. The predicted octanol–water partition coefficient (Wildman–Crippen LogP) is 4.36. The Morgan fingerprint density at radius 2 is 1.90 bits per heavy atom. The van der Waals surface area contributed by atoms with Gasteiger partial charge in [0.25, 0.3) is 5.91 Å². The highest BCUT2D eigenvalue weighted by atomic mass is 35.5. The summed E-state index contributed by atoms with van der Waals surface area (Å²) in [4.78, 5) is 12.3. The Labute approximate surface area is 132 Å². The summed E-state index contributed by atoms with van der Waals surface area (Å²) in [6, 6.07) is 13.2. The Balaban J connectivity index is 2.28. The molecule has 1 unspecified atom stereocenters. The number of carbonyl (C=O) groups excluding carboxylic acids is 1. The Bertz CT molecular complexity index is 648. The van der Waals surface area contributed by atoms with Crippen molar-refractivity contribution in [2.45, 2.75) is 12.5 Å². The first kappa shape index (κ1) is 15.8. The van der Waals surface area contributed by atoms with Gasteiger partial charge in [-0.15, -0.1) is 11.6 Å². The van der Waals surface area contributed by atoms with E-state index in [4.69, 9.17) is 23.2 Å². The number of alkyl halides is 1. The molecule has 1 N–H and O–H groups in total. The largest absolute Gasteiger partial charge is 0.341 e. The minimum absolute atomic E-state index is 0.0633. The summed E-state index contributed by atoms with van der Waals surface area (Å²) in [6.07, 6.45) is 0. The molecule has 2 aromatic carbocycles. The zero-order valence-corrected chi connectivity index (χ0v) is 12.9. The molecule has 0 saturated carbocycles. The maximum Gasteiger partial charge on any atom is 0.254 e. The molecular weight excluding hydrogens is 312 g/mol. The molecule has 0 fully saturated rings. The van der Waals surface area contributed by atoms with Gasteiger partial charge >= 0.3 is 0 Å². The second-order valence-electron chi connectivity index (χ2n) is 4.91. The van der Waals surface area contributed by atoms with E-state index in [-0.39, 0.29) is 16.5 Å². The van der Waals surface area contributed by atoms with Gasteiger partial charge in [-0.1, -0.05) is 41.9 Å². The number of hydrogen-bond acceptors (Lipinski definition) is 1. The third kappa shape index (κ3) is 3.55. The standard InChI is InChI=1S/C16H14Cl2FNO/c1-16(10-17,11-5-3-2-4-6-11)20-15(21)13-8-7-12(18)9-14(13)19/h2-9H,10H2,1H3,(H,20,21). The third-order valence-corrected chi connectivity index (χ3v) is 4.01. The van der Waals surface area contributed by atoms with Crippen molar-refractivity contribution in [2.24, 2.45) is 0 Å². The highest BCUT2D eigenvalue weighted by molar-refractivity contribution is 6.30. The van der Waals surface area contributed by atoms with Gasteiger partial charge in [0.2, 0.25) is 0 Å². The van der Waals surface area contributed by atoms with E-state index in [0.717, 1.165) is 11.6 Å². The minimum atomic E-state index is -0.786. The Hall–Kier alpha value is -1.58. The molecule has 0 aliphatic carbocycles. The lowest BCUT2D eigenvalue weighted by Crippen LogP contribution is -2.45. The maximum atomic E-state index is 13.8. The lowest BCUT2D eigenvalue weighted by molar-refractivity contribution is 0.0909. The van der Waals surface area contributed by atoms with Crippen LogP contribution >= 0.6 is 23.2 Å². The fraction of sp³-hybridized carbons (Fsp3) is 0.188. The lowest BCUT2D eigenvalue weighted by Gasteiger charge is -2.29. The van der Waals surface area contributed by atoms with Gasteiger partial charge in [0.1, 0.15) is 5.82 Å². The van der Waals surface area contributed by atoms with E-state index in [1.54, 1.807) is 6.92 Å².